The van der Waals surface area contributed by atoms with Crippen molar-refractivity contribution in [3.8, 4) is 0 Å². The third kappa shape index (κ3) is 5.40. The van der Waals surface area contributed by atoms with Gasteiger partial charge >= 0.3 is 0 Å². The number of anilines is 1. The molecule has 1 aliphatic rings. The van der Waals surface area contributed by atoms with E-state index in [0.717, 1.165) is 0 Å². The first-order chi connectivity index (χ1) is 16.0. The van der Waals surface area contributed by atoms with E-state index in [1.54, 1.807) is 30.3 Å². The van der Waals surface area contributed by atoms with E-state index in [4.69, 9.17) is 58.0 Å². The molecule has 176 valence electrons. The first kappa shape index (κ1) is 25.7. The largest absolute Gasteiger partial charge is 0.326 e. The monoisotopic (exact) mass is 621 g/mol. The standard InChI is InChI=1S/C24H14BrCl5FNO2/c25-17-3-1-11(5-19(17)31)6-20(33)16-10-15(2-4-18(16)28)32-23(34)22-21(24(22,29)30)12-7-13(26)9-14(27)8-12/h1-5,7-10,21-22H,6H2,(H,32,34). The highest BCUT2D eigenvalue weighted by atomic mass is 79.9. The van der Waals surface area contributed by atoms with Crippen LogP contribution in [0.5, 0.6) is 0 Å². The lowest BCUT2D eigenvalue weighted by Gasteiger charge is -2.10. The van der Waals surface area contributed by atoms with Crippen molar-refractivity contribution in [2.45, 2.75) is 16.7 Å². The molecule has 4 rings (SSSR count). The minimum absolute atomic E-state index is 0.0615. The number of amides is 1. The number of nitrogens with one attached hydrogen (secondary N) is 1. The molecule has 3 aromatic carbocycles. The van der Waals surface area contributed by atoms with Gasteiger partial charge in [-0.1, -0.05) is 40.9 Å². The molecule has 0 bridgehead atoms. The number of alkyl halides is 2. The molecule has 3 aromatic rings. The Labute approximate surface area is 228 Å². The van der Waals surface area contributed by atoms with Crippen LogP contribution in [-0.4, -0.2) is 16.0 Å². The first-order valence-corrected chi connectivity index (χ1v) is 12.6. The van der Waals surface area contributed by atoms with E-state index in [2.05, 4.69) is 21.2 Å². The Hall–Kier alpha value is -1.34. The lowest BCUT2D eigenvalue weighted by atomic mass is 10.0. The molecular weight excluding hydrogens is 610 g/mol. The second kappa shape index (κ2) is 9.96. The summed E-state index contributed by atoms with van der Waals surface area (Å²) in [7, 11) is 0. The van der Waals surface area contributed by atoms with Gasteiger partial charge in [0.2, 0.25) is 5.91 Å². The summed E-state index contributed by atoms with van der Waals surface area (Å²) in [5.41, 5.74) is 1.68. The van der Waals surface area contributed by atoms with Crippen molar-refractivity contribution in [3.05, 3.63) is 96.6 Å². The maximum Gasteiger partial charge on any atom is 0.231 e. The van der Waals surface area contributed by atoms with Crippen LogP contribution >= 0.6 is 73.9 Å². The molecular formula is C24H14BrCl5FNO2. The number of hydrogen-bond acceptors (Lipinski definition) is 2. The molecule has 0 aliphatic heterocycles. The summed E-state index contributed by atoms with van der Waals surface area (Å²) < 4.78 is 12.8. The van der Waals surface area contributed by atoms with E-state index in [1.807, 2.05) is 0 Å². The normalized spacial score (nSPS) is 18.4. The fraction of sp³-hybridized carbons (Fsp3) is 0.167. The zero-order chi connectivity index (χ0) is 24.8. The average Bonchev–Trinajstić information content (AvgIpc) is 3.33. The van der Waals surface area contributed by atoms with Crippen molar-refractivity contribution in [2.75, 3.05) is 5.32 Å². The van der Waals surface area contributed by atoms with E-state index in [-0.39, 0.29) is 22.8 Å². The minimum atomic E-state index is -1.34. The Morgan fingerprint density at radius 1 is 0.971 bits per heavy atom. The van der Waals surface area contributed by atoms with Crippen LogP contribution in [0.25, 0.3) is 0 Å². The Morgan fingerprint density at radius 3 is 2.29 bits per heavy atom. The number of ketones is 1. The highest BCUT2D eigenvalue weighted by molar-refractivity contribution is 9.10. The van der Waals surface area contributed by atoms with E-state index in [9.17, 15) is 14.0 Å². The SMILES string of the molecule is O=C(Cc1ccc(Br)c(F)c1)c1cc(NC(=O)C2C(c3cc(Cl)cc(Cl)c3)C2(Cl)Cl)ccc1Cl. The van der Waals surface area contributed by atoms with Crippen molar-refractivity contribution in [1.82, 2.24) is 0 Å². The fourth-order valence-corrected chi connectivity index (χ4v) is 5.63. The van der Waals surface area contributed by atoms with Gasteiger partial charge in [-0.25, -0.2) is 4.39 Å². The molecule has 1 aliphatic carbocycles. The minimum Gasteiger partial charge on any atom is -0.326 e. The maximum absolute atomic E-state index is 13.8. The Kier molecular flexibility index (Phi) is 7.54. The molecule has 2 atom stereocenters. The van der Waals surface area contributed by atoms with Crippen LogP contribution < -0.4 is 5.32 Å². The second-order valence-electron chi connectivity index (χ2n) is 7.86. The van der Waals surface area contributed by atoms with Gasteiger partial charge in [0.1, 0.15) is 10.2 Å². The van der Waals surface area contributed by atoms with Crippen LogP contribution in [-0.2, 0) is 11.2 Å². The van der Waals surface area contributed by atoms with Crippen LogP contribution in [0.1, 0.15) is 27.4 Å². The number of halogens is 7. The van der Waals surface area contributed by atoms with Gasteiger partial charge in [0.05, 0.1) is 15.4 Å². The third-order valence-electron chi connectivity index (χ3n) is 5.46. The van der Waals surface area contributed by atoms with Gasteiger partial charge < -0.3 is 5.32 Å². The third-order valence-corrected chi connectivity index (χ3v) is 7.81. The number of carbonyl (C=O) groups excluding carboxylic acids is 2. The lowest BCUT2D eigenvalue weighted by molar-refractivity contribution is -0.117. The van der Waals surface area contributed by atoms with Crippen LogP contribution in [0.2, 0.25) is 15.1 Å². The fourth-order valence-electron chi connectivity index (χ4n) is 3.79. The topological polar surface area (TPSA) is 46.2 Å². The highest BCUT2D eigenvalue weighted by Gasteiger charge is 2.67. The average molecular weight is 625 g/mol. The van der Waals surface area contributed by atoms with Crippen molar-refractivity contribution >= 4 is 91.3 Å². The molecule has 34 heavy (non-hydrogen) atoms. The van der Waals surface area contributed by atoms with Crippen molar-refractivity contribution in [2.24, 2.45) is 5.92 Å². The van der Waals surface area contributed by atoms with Crippen molar-refractivity contribution in [3.63, 3.8) is 0 Å². The summed E-state index contributed by atoms with van der Waals surface area (Å²) in [6.07, 6.45) is -0.0615. The van der Waals surface area contributed by atoms with E-state index < -0.39 is 27.9 Å². The first-order valence-electron chi connectivity index (χ1n) is 9.88. The van der Waals surface area contributed by atoms with Gasteiger partial charge in [0.25, 0.3) is 0 Å². The number of benzene rings is 3. The molecule has 1 saturated carbocycles. The van der Waals surface area contributed by atoms with Crippen molar-refractivity contribution in [1.29, 1.82) is 0 Å². The molecule has 1 N–H and O–H groups in total. The molecule has 1 fully saturated rings. The smallest absolute Gasteiger partial charge is 0.231 e. The van der Waals surface area contributed by atoms with Gasteiger partial charge in [0.15, 0.2) is 5.78 Å². The highest BCUT2D eigenvalue weighted by Crippen LogP contribution is 2.65. The summed E-state index contributed by atoms with van der Waals surface area (Å²) in [6, 6.07) is 13.9. The Bertz CT molecular complexity index is 1300. The number of carbonyl (C=O) groups is 2. The van der Waals surface area contributed by atoms with Gasteiger partial charge in [-0.3, -0.25) is 9.59 Å². The van der Waals surface area contributed by atoms with E-state index in [1.165, 1.54) is 24.3 Å². The molecule has 0 spiro atoms. The van der Waals surface area contributed by atoms with E-state index >= 15 is 0 Å². The molecule has 10 heteroatoms. The van der Waals surface area contributed by atoms with Crippen LogP contribution in [0.15, 0.2) is 59.1 Å². The maximum atomic E-state index is 13.8. The van der Waals surface area contributed by atoms with Crippen LogP contribution in [0.4, 0.5) is 10.1 Å². The van der Waals surface area contributed by atoms with Gasteiger partial charge in [-0.05, 0) is 75.6 Å². The number of hydrogen-bond donors (Lipinski definition) is 1. The van der Waals surface area contributed by atoms with Crippen LogP contribution in [0.3, 0.4) is 0 Å². The zero-order valence-corrected chi connectivity index (χ0v) is 22.4. The second-order valence-corrected chi connectivity index (χ2v) is 11.4. The predicted molar refractivity (Wildman–Crippen MR) is 139 cm³/mol. The molecule has 2 unspecified atom stereocenters. The van der Waals surface area contributed by atoms with E-state index in [0.29, 0.717) is 31.3 Å². The Balaban J connectivity index is 1.51. The predicted octanol–water partition coefficient (Wildman–Crippen LogP) is 8.50. The summed E-state index contributed by atoms with van der Waals surface area (Å²) in [5.74, 6) is -2.49. The summed E-state index contributed by atoms with van der Waals surface area (Å²) >= 11 is 34.3. The number of Topliss-reactive ketones (excluding diaryl/α,β-unsaturated/α-hetero) is 1. The summed E-state index contributed by atoms with van der Waals surface area (Å²) in [6.45, 7) is 0. The lowest BCUT2D eigenvalue weighted by Crippen LogP contribution is -2.17. The van der Waals surface area contributed by atoms with Gasteiger partial charge in [-0.2, -0.15) is 0 Å². The summed E-state index contributed by atoms with van der Waals surface area (Å²) in [5, 5.41) is 3.76. The molecule has 0 aromatic heterocycles. The quantitative estimate of drug-likeness (QED) is 0.221. The summed E-state index contributed by atoms with van der Waals surface area (Å²) in [4.78, 5) is 25.8. The zero-order valence-electron chi connectivity index (χ0n) is 17.0. The van der Waals surface area contributed by atoms with Gasteiger partial charge in [-0.15, -0.1) is 23.2 Å². The molecule has 0 radical (unpaired) electrons. The molecule has 1 amide bonds. The molecule has 0 saturated heterocycles. The number of rotatable bonds is 6. The Morgan fingerprint density at radius 2 is 1.65 bits per heavy atom. The van der Waals surface area contributed by atoms with Crippen molar-refractivity contribution < 1.29 is 14.0 Å². The molecule has 3 nitrogen and oxygen atoms in total. The van der Waals surface area contributed by atoms with Crippen LogP contribution in [0, 0.1) is 11.7 Å². The van der Waals surface area contributed by atoms with Gasteiger partial charge in [0, 0.05) is 33.6 Å². The molecule has 0 heterocycles.